The van der Waals surface area contributed by atoms with Gasteiger partial charge in [-0.25, -0.2) is 0 Å². The average Bonchev–Trinajstić information content (AvgIpc) is 2.59. The Balaban J connectivity index is 3.11. The minimum absolute atomic E-state index is 0.0293. The first-order valence-corrected chi connectivity index (χ1v) is 9.25. The number of hydrogen-bond acceptors (Lipinski definition) is 1. The molecule has 0 aromatic heterocycles. The topological polar surface area (TPSA) is 17.1 Å². The van der Waals surface area contributed by atoms with Crippen LogP contribution in [-0.4, -0.2) is 6.29 Å². The first-order valence-electron chi connectivity index (χ1n) is 9.25. The highest BCUT2D eigenvalue weighted by Gasteiger charge is 2.28. The van der Waals surface area contributed by atoms with Crippen molar-refractivity contribution in [3.05, 3.63) is 48.0 Å². The minimum atomic E-state index is 0.0293. The summed E-state index contributed by atoms with van der Waals surface area (Å²) < 4.78 is 0. The van der Waals surface area contributed by atoms with E-state index in [4.69, 9.17) is 0 Å². The summed E-state index contributed by atoms with van der Waals surface area (Å²) in [6, 6.07) is 10.8. The maximum Gasteiger partial charge on any atom is 0.120 e. The Morgan fingerprint density at radius 3 is 2.17 bits per heavy atom. The molecule has 1 rings (SSSR count). The third-order valence-electron chi connectivity index (χ3n) is 5.23. The van der Waals surface area contributed by atoms with E-state index in [-0.39, 0.29) is 10.8 Å². The van der Waals surface area contributed by atoms with Crippen molar-refractivity contribution in [3.8, 4) is 0 Å². The van der Waals surface area contributed by atoms with Crippen LogP contribution >= 0.6 is 0 Å². The van der Waals surface area contributed by atoms with Gasteiger partial charge in [-0.3, -0.25) is 0 Å². The van der Waals surface area contributed by atoms with Gasteiger partial charge in [0, 0.05) is 11.8 Å². The van der Waals surface area contributed by atoms with Gasteiger partial charge in [0.05, 0.1) is 0 Å². The number of rotatable bonds is 11. The monoisotopic (exact) mass is 314 g/mol. The number of allylic oxidation sites excluding steroid dienone is 2. The summed E-state index contributed by atoms with van der Waals surface area (Å²) in [5, 5.41) is 0. The van der Waals surface area contributed by atoms with Crippen LogP contribution in [0.25, 0.3) is 0 Å². The maximum absolute atomic E-state index is 11.2. The van der Waals surface area contributed by atoms with Crippen LogP contribution in [0.4, 0.5) is 0 Å². The molecule has 2 atom stereocenters. The van der Waals surface area contributed by atoms with Crippen LogP contribution in [0.2, 0.25) is 0 Å². The second-order valence-corrected chi connectivity index (χ2v) is 7.06. The molecule has 128 valence electrons. The van der Waals surface area contributed by atoms with E-state index in [0.717, 1.165) is 32.0 Å². The van der Waals surface area contributed by atoms with Crippen molar-refractivity contribution in [1.82, 2.24) is 0 Å². The van der Waals surface area contributed by atoms with E-state index in [0.29, 0.717) is 6.42 Å². The summed E-state index contributed by atoms with van der Waals surface area (Å²) in [5.41, 5.74) is 1.44. The molecule has 0 radical (unpaired) electrons. The highest BCUT2D eigenvalue weighted by molar-refractivity contribution is 5.51. The second-order valence-electron chi connectivity index (χ2n) is 7.06. The summed E-state index contributed by atoms with van der Waals surface area (Å²) in [4.78, 5) is 11.2. The molecule has 1 nitrogen and oxygen atoms in total. The van der Waals surface area contributed by atoms with Gasteiger partial charge >= 0.3 is 0 Å². The Hall–Kier alpha value is -1.37. The number of hydrogen-bond donors (Lipinski definition) is 0. The van der Waals surface area contributed by atoms with E-state index >= 15 is 0 Å². The van der Waals surface area contributed by atoms with E-state index in [1.165, 1.54) is 18.4 Å². The molecule has 0 saturated heterocycles. The van der Waals surface area contributed by atoms with Gasteiger partial charge in [0.2, 0.25) is 0 Å². The van der Waals surface area contributed by atoms with Gasteiger partial charge in [-0.05, 0) is 30.2 Å². The molecule has 0 spiro atoms. The van der Waals surface area contributed by atoms with E-state index in [1.54, 1.807) is 0 Å². The number of aldehydes is 1. The van der Waals surface area contributed by atoms with Crippen LogP contribution in [0.5, 0.6) is 0 Å². The van der Waals surface area contributed by atoms with Crippen molar-refractivity contribution in [1.29, 1.82) is 0 Å². The smallest absolute Gasteiger partial charge is 0.120 e. The Kier molecular flexibility index (Phi) is 8.30. The van der Waals surface area contributed by atoms with Crippen molar-refractivity contribution in [2.24, 2.45) is 5.41 Å². The lowest BCUT2D eigenvalue weighted by atomic mass is 9.72. The van der Waals surface area contributed by atoms with E-state index in [2.05, 4.69) is 70.2 Å². The summed E-state index contributed by atoms with van der Waals surface area (Å²) >= 11 is 0. The van der Waals surface area contributed by atoms with Crippen molar-refractivity contribution in [3.63, 3.8) is 0 Å². The normalized spacial score (nSPS) is 16.9. The molecular formula is C22H34O. The zero-order chi connectivity index (χ0) is 17.2. The highest BCUT2D eigenvalue weighted by Crippen LogP contribution is 2.37. The Labute approximate surface area is 143 Å². The fourth-order valence-electron chi connectivity index (χ4n) is 3.41. The van der Waals surface area contributed by atoms with Crippen molar-refractivity contribution >= 4 is 6.29 Å². The summed E-state index contributed by atoms with van der Waals surface area (Å²) in [6.45, 7) is 8.99. The molecule has 0 heterocycles. The first-order chi connectivity index (χ1) is 11.1. The molecule has 0 amide bonds. The van der Waals surface area contributed by atoms with Gasteiger partial charge in [0.15, 0.2) is 0 Å². The molecule has 0 saturated carbocycles. The lowest BCUT2D eigenvalue weighted by Gasteiger charge is -2.32. The lowest BCUT2D eigenvalue weighted by Crippen LogP contribution is -2.23. The third kappa shape index (κ3) is 5.64. The molecule has 1 aromatic rings. The van der Waals surface area contributed by atoms with Gasteiger partial charge in [-0.1, -0.05) is 89.4 Å². The van der Waals surface area contributed by atoms with Crippen LogP contribution in [0.1, 0.15) is 78.2 Å². The van der Waals surface area contributed by atoms with Gasteiger partial charge in [0.1, 0.15) is 6.29 Å². The number of carbonyl (C=O) groups excluding carboxylic acids is 1. The fraction of sp³-hybridized carbons (Fsp3) is 0.591. The molecule has 0 bridgehead atoms. The zero-order valence-electron chi connectivity index (χ0n) is 15.5. The maximum atomic E-state index is 11.2. The first kappa shape index (κ1) is 19.7. The average molecular weight is 315 g/mol. The molecule has 23 heavy (non-hydrogen) atoms. The molecule has 0 N–H and O–H groups in total. The Bertz CT molecular complexity index is 476. The molecule has 1 heteroatoms. The van der Waals surface area contributed by atoms with Gasteiger partial charge in [0.25, 0.3) is 0 Å². The van der Waals surface area contributed by atoms with E-state index in [1.807, 2.05) is 0 Å². The predicted molar refractivity (Wildman–Crippen MR) is 101 cm³/mol. The number of unbranched alkanes of at least 4 members (excludes halogenated alkanes) is 1. The van der Waals surface area contributed by atoms with Crippen molar-refractivity contribution < 1.29 is 4.79 Å². The molecule has 0 fully saturated rings. The van der Waals surface area contributed by atoms with Gasteiger partial charge < -0.3 is 4.79 Å². The van der Waals surface area contributed by atoms with Crippen LogP contribution < -0.4 is 0 Å². The Morgan fingerprint density at radius 2 is 1.65 bits per heavy atom. The minimum Gasteiger partial charge on any atom is -0.303 e. The SMILES string of the molecule is CCCC[C@](/C=C/[C@@](C)(CCC)c1ccccc1)(CC)CC=O. The van der Waals surface area contributed by atoms with Crippen LogP contribution in [0.3, 0.4) is 0 Å². The number of benzene rings is 1. The molecule has 0 aliphatic rings. The second kappa shape index (κ2) is 9.70. The zero-order valence-corrected chi connectivity index (χ0v) is 15.5. The van der Waals surface area contributed by atoms with E-state index in [9.17, 15) is 4.79 Å². The lowest BCUT2D eigenvalue weighted by molar-refractivity contribution is -0.109. The third-order valence-corrected chi connectivity index (χ3v) is 5.23. The summed E-state index contributed by atoms with van der Waals surface area (Å²) in [5.74, 6) is 0. The highest BCUT2D eigenvalue weighted by atomic mass is 16.1. The van der Waals surface area contributed by atoms with Gasteiger partial charge in [-0.15, -0.1) is 0 Å². The predicted octanol–water partition coefficient (Wildman–Crippen LogP) is 6.48. The fourth-order valence-corrected chi connectivity index (χ4v) is 3.41. The summed E-state index contributed by atoms with van der Waals surface area (Å²) in [7, 11) is 0. The molecule has 1 aromatic carbocycles. The standard InChI is InChI=1S/C22H34O/c1-5-8-15-22(7-3,18-19-23)17-16-21(4,14-6-2)20-12-10-9-11-13-20/h9-13,16-17,19H,5-8,14-15,18H2,1-4H3/b17-16+/t21-,22+/m1/s1. The molecule has 0 aliphatic carbocycles. The van der Waals surface area contributed by atoms with E-state index < -0.39 is 0 Å². The van der Waals surface area contributed by atoms with Crippen LogP contribution in [-0.2, 0) is 10.2 Å². The molecule has 0 unspecified atom stereocenters. The number of carbonyl (C=O) groups is 1. The van der Waals surface area contributed by atoms with Crippen molar-refractivity contribution in [2.45, 2.75) is 78.1 Å². The van der Waals surface area contributed by atoms with Crippen LogP contribution in [0, 0.1) is 5.41 Å². The molecule has 0 aliphatic heterocycles. The van der Waals surface area contributed by atoms with Crippen molar-refractivity contribution in [2.75, 3.05) is 0 Å². The largest absolute Gasteiger partial charge is 0.303 e. The van der Waals surface area contributed by atoms with Gasteiger partial charge in [-0.2, -0.15) is 0 Å². The summed E-state index contributed by atoms with van der Waals surface area (Å²) in [6.07, 6.45) is 13.3. The quantitative estimate of drug-likeness (QED) is 0.337. The van der Waals surface area contributed by atoms with Crippen LogP contribution in [0.15, 0.2) is 42.5 Å². The molecular weight excluding hydrogens is 280 g/mol. The Morgan fingerprint density at radius 1 is 0.957 bits per heavy atom.